The van der Waals surface area contributed by atoms with Gasteiger partial charge in [0, 0.05) is 12.1 Å². The Balaban J connectivity index is 1.94. The summed E-state index contributed by atoms with van der Waals surface area (Å²) in [4.78, 5) is 19.6. The fourth-order valence-corrected chi connectivity index (χ4v) is 2.35. The van der Waals surface area contributed by atoms with Crippen LogP contribution in [0.5, 0.6) is 5.88 Å². The molecule has 1 N–H and O–H groups in total. The van der Waals surface area contributed by atoms with Crippen molar-refractivity contribution in [3.8, 4) is 18.2 Å². The molecule has 0 aliphatic carbocycles. The molecule has 0 fully saturated rings. The number of carbonyl (C=O) groups is 1. The molecule has 0 saturated carbocycles. The highest BCUT2D eigenvalue weighted by molar-refractivity contribution is 9.10. The van der Waals surface area contributed by atoms with Crippen LogP contribution in [0.3, 0.4) is 0 Å². The molecule has 1 heterocycles. The molecule has 0 spiro atoms. The molecule has 7 heteroatoms. The third-order valence-corrected chi connectivity index (χ3v) is 3.83. The highest BCUT2D eigenvalue weighted by Crippen LogP contribution is 2.24. The molecule has 0 bridgehead atoms. The van der Waals surface area contributed by atoms with E-state index in [1.165, 1.54) is 7.11 Å². The molecule has 0 aliphatic rings. The Morgan fingerprint density at radius 1 is 1.36 bits per heavy atom. The summed E-state index contributed by atoms with van der Waals surface area (Å²) in [6.45, 7) is 0.134. The topological polar surface area (TPSA) is 73.3 Å². The Morgan fingerprint density at radius 2 is 2.12 bits per heavy atom. The average Bonchev–Trinajstić information content (AvgIpc) is 2.63. The van der Waals surface area contributed by atoms with Crippen LogP contribution in [0.1, 0.15) is 18.4 Å². The van der Waals surface area contributed by atoms with Crippen LogP contribution in [0.25, 0.3) is 0 Å². The second-order valence-electron chi connectivity index (χ2n) is 5.09. The summed E-state index contributed by atoms with van der Waals surface area (Å²) >= 11 is 3.32. The van der Waals surface area contributed by atoms with Crippen molar-refractivity contribution >= 4 is 33.5 Å². The molecule has 0 amide bonds. The van der Waals surface area contributed by atoms with Crippen molar-refractivity contribution in [3.05, 3.63) is 40.5 Å². The number of aromatic nitrogens is 2. The number of hydrogen-bond donors (Lipinski definition) is 1. The van der Waals surface area contributed by atoms with Gasteiger partial charge in [0.05, 0.1) is 17.8 Å². The van der Waals surface area contributed by atoms with E-state index in [9.17, 15) is 4.79 Å². The maximum absolute atomic E-state index is 11.1. The Bertz CT molecular complexity index is 757. The van der Waals surface area contributed by atoms with Crippen LogP contribution in [0.15, 0.2) is 34.9 Å². The fourth-order valence-electron chi connectivity index (χ4n) is 2.05. The van der Waals surface area contributed by atoms with Gasteiger partial charge in [0.25, 0.3) is 0 Å². The number of anilines is 2. The second kappa shape index (κ2) is 9.64. The SMILES string of the molecule is C#CCOc1nc(Nc2ccc(CCCC(=O)OC)cc2)ncc1Br. The van der Waals surface area contributed by atoms with Crippen molar-refractivity contribution in [1.29, 1.82) is 0 Å². The van der Waals surface area contributed by atoms with Gasteiger partial charge in [-0.1, -0.05) is 18.1 Å². The van der Waals surface area contributed by atoms with E-state index in [2.05, 4.69) is 41.9 Å². The van der Waals surface area contributed by atoms with Crippen molar-refractivity contribution in [3.63, 3.8) is 0 Å². The van der Waals surface area contributed by atoms with Crippen molar-refractivity contribution in [2.75, 3.05) is 19.0 Å². The van der Waals surface area contributed by atoms with Gasteiger partial charge in [-0.05, 0) is 46.5 Å². The number of halogens is 1. The number of hydrogen-bond acceptors (Lipinski definition) is 6. The molecule has 0 aliphatic heterocycles. The number of aryl methyl sites for hydroxylation is 1. The second-order valence-corrected chi connectivity index (χ2v) is 5.95. The van der Waals surface area contributed by atoms with Gasteiger partial charge in [-0.15, -0.1) is 6.42 Å². The molecule has 1 aromatic carbocycles. The maximum Gasteiger partial charge on any atom is 0.305 e. The number of nitrogens with zero attached hydrogens (tertiary/aromatic N) is 2. The van der Waals surface area contributed by atoms with E-state index < -0.39 is 0 Å². The molecule has 2 aromatic rings. The molecule has 1 aromatic heterocycles. The van der Waals surface area contributed by atoms with E-state index >= 15 is 0 Å². The first-order chi connectivity index (χ1) is 12.1. The minimum absolute atomic E-state index is 0.134. The molecule has 2 rings (SSSR count). The van der Waals surface area contributed by atoms with E-state index in [1.54, 1.807) is 6.20 Å². The molecule has 0 atom stereocenters. The lowest BCUT2D eigenvalue weighted by atomic mass is 10.1. The minimum Gasteiger partial charge on any atom is -0.469 e. The van der Waals surface area contributed by atoms with Gasteiger partial charge in [-0.2, -0.15) is 4.98 Å². The highest BCUT2D eigenvalue weighted by atomic mass is 79.9. The summed E-state index contributed by atoms with van der Waals surface area (Å²) in [5, 5.41) is 3.11. The number of methoxy groups -OCH3 is 1. The van der Waals surface area contributed by atoms with Crippen LogP contribution in [0.4, 0.5) is 11.6 Å². The molecule has 0 saturated heterocycles. The molecular weight excluding hydrogens is 386 g/mol. The maximum atomic E-state index is 11.1. The number of carbonyl (C=O) groups excluding carboxylic acids is 1. The van der Waals surface area contributed by atoms with Gasteiger partial charge >= 0.3 is 5.97 Å². The monoisotopic (exact) mass is 403 g/mol. The lowest BCUT2D eigenvalue weighted by Crippen LogP contribution is -2.02. The predicted octanol–water partition coefficient (Wildman–Crippen LogP) is 3.49. The van der Waals surface area contributed by atoms with Crippen molar-refractivity contribution in [1.82, 2.24) is 9.97 Å². The van der Waals surface area contributed by atoms with Gasteiger partial charge in [0.15, 0.2) is 6.61 Å². The molecular formula is C18H18BrN3O3. The van der Waals surface area contributed by atoms with Crippen LogP contribution in [0, 0.1) is 12.3 Å². The van der Waals surface area contributed by atoms with Gasteiger partial charge in [-0.3, -0.25) is 4.79 Å². The van der Waals surface area contributed by atoms with E-state index in [4.69, 9.17) is 11.2 Å². The molecule has 25 heavy (non-hydrogen) atoms. The summed E-state index contributed by atoms with van der Waals surface area (Å²) in [5.41, 5.74) is 1.99. The summed E-state index contributed by atoms with van der Waals surface area (Å²) < 4.78 is 10.6. The number of ether oxygens (including phenoxy) is 2. The first-order valence-corrected chi connectivity index (χ1v) is 8.43. The van der Waals surface area contributed by atoms with E-state index in [1.807, 2.05) is 24.3 Å². The standard InChI is InChI=1S/C18H18BrN3O3/c1-3-11-25-17-15(19)12-20-18(22-17)21-14-9-7-13(8-10-14)5-4-6-16(23)24-2/h1,7-10,12H,4-6,11H2,2H3,(H,20,21,22). The van der Waals surface area contributed by atoms with Crippen LogP contribution in [-0.2, 0) is 16.0 Å². The lowest BCUT2D eigenvalue weighted by Gasteiger charge is -2.09. The zero-order valence-corrected chi connectivity index (χ0v) is 15.4. The quantitative estimate of drug-likeness (QED) is 0.537. The van der Waals surface area contributed by atoms with Crippen LogP contribution >= 0.6 is 15.9 Å². The number of benzene rings is 1. The van der Waals surface area contributed by atoms with Crippen molar-refractivity contribution < 1.29 is 14.3 Å². The molecule has 130 valence electrons. The largest absolute Gasteiger partial charge is 0.469 e. The normalized spacial score (nSPS) is 9.96. The van der Waals surface area contributed by atoms with Gasteiger partial charge in [0.1, 0.15) is 0 Å². The van der Waals surface area contributed by atoms with Gasteiger partial charge < -0.3 is 14.8 Å². The Hall–Kier alpha value is -2.59. The number of esters is 1. The Morgan fingerprint density at radius 3 is 2.80 bits per heavy atom. The first kappa shape index (κ1) is 18.7. The third-order valence-electron chi connectivity index (χ3n) is 3.29. The average molecular weight is 404 g/mol. The minimum atomic E-state index is -0.187. The van der Waals surface area contributed by atoms with E-state index in [-0.39, 0.29) is 12.6 Å². The summed E-state index contributed by atoms with van der Waals surface area (Å²) in [7, 11) is 1.40. The van der Waals surface area contributed by atoms with Crippen molar-refractivity contribution in [2.24, 2.45) is 0 Å². The van der Waals surface area contributed by atoms with Crippen LogP contribution in [0.2, 0.25) is 0 Å². The van der Waals surface area contributed by atoms with Crippen molar-refractivity contribution in [2.45, 2.75) is 19.3 Å². The molecule has 6 nitrogen and oxygen atoms in total. The number of nitrogens with one attached hydrogen (secondary N) is 1. The third kappa shape index (κ3) is 6.08. The van der Waals surface area contributed by atoms with Crippen LogP contribution < -0.4 is 10.1 Å². The lowest BCUT2D eigenvalue weighted by molar-refractivity contribution is -0.140. The van der Waals surface area contributed by atoms with Gasteiger partial charge in [-0.25, -0.2) is 4.98 Å². The zero-order valence-electron chi connectivity index (χ0n) is 13.8. The smallest absolute Gasteiger partial charge is 0.305 e. The first-order valence-electron chi connectivity index (χ1n) is 7.64. The number of rotatable bonds is 8. The predicted molar refractivity (Wildman–Crippen MR) is 98.7 cm³/mol. The van der Waals surface area contributed by atoms with Gasteiger partial charge in [0.2, 0.25) is 11.8 Å². The Labute approximate surface area is 155 Å². The number of terminal acetylenes is 1. The summed E-state index contributed by atoms with van der Waals surface area (Å²) in [5.74, 6) is 3.00. The summed E-state index contributed by atoms with van der Waals surface area (Å²) in [6, 6.07) is 7.85. The summed E-state index contributed by atoms with van der Waals surface area (Å²) in [6.07, 6.45) is 8.78. The highest BCUT2D eigenvalue weighted by Gasteiger charge is 2.07. The molecule has 0 radical (unpaired) electrons. The van der Waals surface area contributed by atoms with Crippen LogP contribution in [-0.4, -0.2) is 29.7 Å². The van der Waals surface area contributed by atoms with E-state index in [0.717, 1.165) is 24.1 Å². The fraction of sp³-hybridized carbons (Fsp3) is 0.278. The zero-order chi connectivity index (χ0) is 18.1. The Kier molecular flexibility index (Phi) is 7.23. The van der Waals surface area contributed by atoms with E-state index in [0.29, 0.717) is 22.7 Å². The molecule has 0 unspecified atom stereocenters.